The van der Waals surface area contributed by atoms with Gasteiger partial charge < -0.3 is 30.3 Å². The number of rotatable bonds is 11. The van der Waals surface area contributed by atoms with E-state index in [0.717, 1.165) is 5.56 Å². The van der Waals surface area contributed by atoms with Crippen LogP contribution in [0.2, 0.25) is 0 Å². The minimum absolute atomic E-state index is 0.1000. The van der Waals surface area contributed by atoms with Gasteiger partial charge in [0, 0.05) is 12.1 Å². The van der Waals surface area contributed by atoms with Crippen LogP contribution in [0.5, 0.6) is 11.5 Å². The van der Waals surface area contributed by atoms with Gasteiger partial charge in [-0.2, -0.15) is 0 Å². The highest BCUT2D eigenvalue weighted by molar-refractivity contribution is 5.99. The van der Waals surface area contributed by atoms with Gasteiger partial charge in [-0.05, 0) is 48.9 Å². The topological polar surface area (TPSA) is 134 Å². The van der Waals surface area contributed by atoms with Crippen LogP contribution in [0.4, 0.5) is 5.69 Å². The fourth-order valence-electron chi connectivity index (χ4n) is 3.28. The van der Waals surface area contributed by atoms with Crippen molar-refractivity contribution < 1.29 is 34.1 Å². The molecular weight excluding hydrogens is 464 g/mol. The van der Waals surface area contributed by atoms with Gasteiger partial charge >= 0.3 is 5.97 Å². The maximum absolute atomic E-state index is 12.5. The van der Waals surface area contributed by atoms with Crippen LogP contribution in [0.15, 0.2) is 84.9 Å². The SMILES string of the molecule is CCOC(=O)[C@@H](Cc1ccccc1)NC(=O)C(O)C(O)C(=O)Nc1ccc(Oc2ccccc2)cc1. The Hall–Kier alpha value is -4.21. The molecule has 0 fully saturated rings. The zero-order valence-electron chi connectivity index (χ0n) is 19.7. The second kappa shape index (κ2) is 13.0. The lowest BCUT2D eigenvalue weighted by atomic mass is 10.0. The van der Waals surface area contributed by atoms with Gasteiger partial charge in [0.2, 0.25) is 0 Å². The Kier molecular flexibility index (Phi) is 9.56. The van der Waals surface area contributed by atoms with Crippen LogP contribution in [-0.4, -0.2) is 52.9 Å². The molecular formula is C27H28N2O7. The smallest absolute Gasteiger partial charge is 0.328 e. The molecule has 9 heteroatoms. The number of esters is 1. The Balaban J connectivity index is 1.58. The van der Waals surface area contributed by atoms with E-state index >= 15 is 0 Å². The minimum Gasteiger partial charge on any atom is -0.464 e. The average molecular weight is 493 g/mol. The molecule has 3 aromatic rings. The molecule has 3 atom stereocenters. The summed E-state index contributed by atoms with van der Waals surface area (Å²) in [5.41, 5.74) is 1.07. The lowest BCUT2D eigenvalue weighted by Gasteiger charge is -2.21. The zero-order chi connectivity index (χ0) is 25.9. The van der Waals surface area contributed by atoms with Crippen LogP contribution < -0.4 is 15.4 Å². The minimum atomic E-state index is -2.11. The summed E-state index contributed by atoms with van der Waals surface area (Å²) < 4.78 is 10.7. The summed E-state index contributed by atoms with van der Waals surface area (Å²) in [4.78, 5) is 37.3. The molecule has 36 heavy (non-hydrogen) atoms. The molecule has 4 N–H and O–H groups in total. The molecule has 0 aliphatic heterocycles. The third-order valence-electron chi connectivity index (χ3n) is 5.11. The molecule has 0 aliphatic carbocycles. The van der Waals surface area contributed by atoms with E-state index in [1.807, 2.05) is 24.3 Å². The van der Waals surface area contributed by atoms with Gasteiger partial charge in [0.05, 0.1) is 6.61 Å². The van der Waals surface area contributed by atoms with Crippen LogP contribution in [0.3, 0.4) is 0 Å². The molecule has 2 amide bonds. The molecule has 0 saturated heterocycles. The van der Waals surface area contributed by atoms with Crippen molar-refractivity contribution in [2.75, 3.05) is 11.9 Å². The third-order valence-corrected chi connectivity index (χ3v) is 5.11. The van der Waals surface area contributed by atoms with Crippen LogP contribution in [0.1, 0.15) is 12.5 Å². The Labute approximate surface area is 208 Å². The lowest BCUT2D eigenvalue weighted by molar-refractivity contribution is -0.150. The number of aliphatic hydroxyl groups is 2. The van der Waals surface area contributed by atoms with Gasteiger partial charge in [-0.1, -0.05) is 48.5 Å². The molecule has 0 radical (unpaired) electrons. The van der Waals surface area contributed by atoms with Gasteiger partial charge in [0.25, 0.3) is 11.8 Å². The van der Waals surface area contributed by atoms with E-state index in [4.69, 9.17) is 9.47 Å². The zero-order valence-corrected chi connectivity index (χ0v) is 19.7. The Morgan fingerprint density at radius 3 is 1.94 bits per heavy atom. The number of amides is 2. The van der Waals surface area contributed by atoms with Crippen molar-refractivity contribution in [1.29, 1.82) is 0 Å². The van der Waals surface area contributed by atoms with Gasteiger partial charge in [-0.15, -0.1) is 0 Å². The van der Waals surface area contributed by atoms with Crippen molar-refractivity contribution >= 4 is 23.5 Å². The van der Waals surface area contributed by atoms with Crippen LogP contribution in [-0.2, 0) is 25.5 Å². The number of aliphatic hydroxyl groups excluding tert-OH is 2. The Bertz CT molecular complexity index is 1140. The molecule has 0 bridgehead atoms. The molecule has 3 rings (SSSR count). The van der Waals surface area contributed by atoms with Crippen molar-refractivity contribution in [2.45, 2.75) is 31.6 Å². The number of nitrogens with one attached hydrogen (secondary N) is 2. The first-order valence-corrected chi connectivity index (χ1v) is 11.4. The van der Waals surface area contributed by atoms with Crippen molar-refractivity contribution in [3.05, 3.63) is 90.5 Å². The molecule has 0 heterocycles. The number of carbonyl (C=O) groups excluding carboxylic acids is 3. The molecule has 0 spiro atoms. The first-order chi connectivity index (χ1) is 17.4. The summed E-state index contributed by atoms with van der Waals surface area (Å²) in [5, 5.41) is 25.3. The number of anilines is 1. The van der Waals surface area contributed by atoms with Crippen LogP contribution >= 0.6 is 0 Å². The second-order valence-electron chi connectivity index (χ2n) is 7.82. The number of benzene rings is 3. The normalized spacial score (nSPS) is 13.1. The van der Waals surface area contributed by atoms with E-state index in [2.05, 4.69) is 10.6 Å². The summed E-state index contributed by atoms with van der Waals surface area (Å²) in [6, 6.07) is 23.3. The number of hydrogen-bond donors (Lipinski definition) is 4. The number of hydrogen-bond acceptors (Lipinski definition) is 7. The van der Waals surface area contributed by atoms with Gasteiger partial charge in [-0.25, -0.2) is 4.79 Å². The molecule has 0 saturated carbocycles. The van der Waals surface area contributed by atoms with Crippen molar-refractivity contribution in [3.63, 3.8) is 0 Å². The Morgan fingerprint density at radius 2 is 1.33 bits per heavy atom. The predicted molar refractivity (Wildman–Crippen MR) is 132 cm³/mol. The summed E-state index contributed by atoms with van der Waals surface area (Å²) in [6.07, 6.45) is -4.08. The molecule has 188 valence electrons. The molecule has 0 aliphatic rings. The third kappa shape index (κ3) is 7.66. The highest BCUT2D eigenvalue weighted by Crippen LogP contribution is 2.22. The van der Waals surface area contributed by atoms with E-state index in [1.54, 1.807) is 67.6 Å². The van der Waals surface area contributed by atoms with E-state index in [0.29, 0.717) is 17.2 Å². The number of carbonyl (C=O) groups is 3. The summed E-state index contributed by atoms with van der Waals surface area (Å²) in [6.45, 7) is 1.73. The van der Waals surface area contributed by atoms with Crippen LogP contribution in [0.25, 0.3) is 0 Å². The van der Waals surface area contributed by atoms with Gasteiger partial charge in [0.15, 0.2) is 12.2 Å². The quantitative estimate of drug-likeness (QED) is 0.302. The van der Waals surface area contributed by atoms with Gasteiger partial charge in [-0.3, -0.25) is 9.59 Å². The number of para-hydroxylation sites is 1. The fourth-order valence-corrected chi connectivity index (χ4v) is 3.28. The van der Waals surface area contributed by atoms with Crippen molar-refractivity contribution in [2.24, 2.45) is 0 Å². The molecule has 9 nitrogen and oxygen atoms in total. The van der Waals surface area contributed by atoms with Crippen LogP contribution in [0, 0.1) is 0 Å². The fraction of sp³-hybridized carbons (Fsp3) is 0.222. The van der Waals surface area contributed by atoms with Crippen molar-refractivity contribution in [3.8, 4) is 11.5 Å². The monoisotopic (exact) mass is 492 g/mol. The number of ether oxygens (including phenoxy) is 2. The molecule has 2 unspecified atom stereocenters. The van der Waals surface area contributed by atoms with E-state index in [1.165, 1.54) is 0 Å². The summed E-state index contributed by atoms with van der Waals surface area (Å²) in [5.74, 6) is -1.60. The predicted octanol–water partition coefficient (Wildman–Crippen LogP) is 2.43. The first-order valence-electron chi connectivity index (χ1n) is 11.4. The maximum atomic E-state index is 12.5. The maximum Gasteiger partial charge on any atom is 0.328 e. The highest BCUT2D eigenvalue weighted by atomic mass is 16.5. The molecule has 0 aromatic heterocycles. The largest absolute Gasteiger partial charge is 0.464 e. The second-order valence-corrected chi connectivity index (χ2v) is 7.82. The van der Waals surface area contributed by atoms with Crippen molar-refractivity contribution in [1.82, 2.24) is 5.32 Å². The van der Waals surface area contributed by atoms with E-state index < -0.39 is 36.0 Å². The Morgan fingerprint density at radius 1 is 0.778 bits per heavy atom. The van der Waals surface area contributed by atoms with E-state index in [-0.39, 0.29) is 13.0 Å². The summed E-state index contributed by atoms with van der Waals surface area (Å²) >= 11 is 0. The summed E-state index contributed by atoms with van der Waals surface area (Å²) in [7, 11) is 0. The lowest BCUT2D eigenvalue weighted by Crippen LogP contribution is -2.52. The molecule has 3 aromatic carbocycles. The standard InChI is InChI=1S/C27H28N2O7/c1-2-35-27(34)22(17-18-9-5-3-6-10-18)29-26(33)24(31)23(30)25(32)28-19-13-15-21(16-14-19)36-20-11-7-4-8-12-20/h3-16,22-24,30-31H,2,17H2,1H3,(H,28,32)(H,29,33)/t22-,23?,24?/m1/s1. The average Bonchev–Trinajstić information content (AvgIpc) is 2.89. The first kappa shape index (κ1) is 26.4. The van der Waals surface area contributed by atoms with Gasteiger partial charge in [0.1, 0.15) is 17.5 Å². The van der Waals surface area contributed by atoms with E-state index in [9.17, 15) is 24.6 Å². The highest BCUT2D eigenvalue weighted by Gasteiger charge is 2.33.